The van der Waals surface area contributed by atoms with Gasteiger partial charge >= 0.3 is 0 Å². The largest absolute Gasteiger partial charge is 0.391 e. The maximum Gasteiger partial charge on any atom is 0.240 e. The van der Waals surface area contributed by atoms with Crippen LogP contribution in [-0.2, 0) is 16.6 Å². The molecule has 0 aromatic heterocycles. The lowest BCUT2D eigenvalue weighted by atomic mass is 9.91. The van der Waals surface area contributed by atoms with Gasteiger partial charge in [0.05, 0.1) is 17.5 Å². The van der Waals surface area contributed by atoms with Gasteiger partial charge in [0.2, 0.25) is 10.0 Å². The molecule has 0 radical (unpaired) electrons. The molecule has 4 rings (SSSR count). The molecule has 1 aliphatic carbocycles. The molecule has 6 nitrogen and oxygen atoms in total. The van der Waals surface area contributed by atoms with Crippen LogP contribution in [0.5, 0.6) is 0 Å². The molecule has 148 valence electrons. The van der Waals surface area contributed by atoms with Crippen molar-refractivity contribution in [3.05, 3.63) is 52.6 Å². The molecule has 7 heteroatoms. The Morgan fingerprint density at radius 1 is 1.14 bits per heavy atom. The summed E-state index contributed by atoms with van der Waals surface area (Å²) in [4.78, 5) is 4.53. The summed E-state index contributed by atoms with van der Waals surface area (Å²) in [6.07, 6.45) is 1.51. The number of hydrogen-bond donors (Lipinski definition) is 3. The van der Waals surface area contributed by atoms with Crippen LogP contribution in [0.1, 0.15) is 41.5 Å². The SMILES string of the molecule is Cc1cc(S(=O)(=O)N[C@@H]2CCC[C@@H]2O)ccc1-c1ccc2c(c1C)C(N)=NC2. The minimum absolute atomic E-state index is 0.215. The normalized spacial score (nSPS) is 21.6. The van der Waals surface area contributed by atoms with E-state index in [2.05, 4.69) is 9.71 Å². The number of aliphatic hydroxyl groups is 1. The van der Waals surface area contributed by atoms with E-state index in [1.54, 1.807) is 12.1 Å². The number of sulfonamides is 1. The second kappa shape index (κ2) is 6.99. The van der Waals surface area contributed by atoms with Gasteiger partial charge in [0.1, 0.15) is 5.84 Å². The number of aliphatic hydroxyl groups excluding tert-OH is 1. The highest BCUT2D eigenvalue weighted by molar-refractivity contribution is 7.89. The maximum absolute atomic E-state index is 12.7. The van der Waals surface area contributed by atoms with Crippen LogP contribution < -0.4 is 10.5 Å². The van der Waals surface area contributed by atoms with Crippen molar-refractivity contribution in [2.45, 2.75) is 56.7 Å². The Morgan fingerprint density at radius 3 is 2.57 bits per heavy atom. The summed E-state index contributed by atoms with van der Waals surface area (Å²) in [5.74, 6) is 0.561. The van der Waals surface area contributed by atoms with Crippen molar-refractivity contribution in [2.24, 2.45) is 10.7 Å². The Morgan fingerprint density at radius 2 is 1.89 bits per heavy atom. The molecule has 2 atom stereocenters. The van der Waals surface area contributed by atoms with Gasteiger partial charge in [-0.05, 0) is 73.1 Å². The van der Waals surface area contributed by atoms with Crippen molar-refractivity contribution in [3.63, 3.8) is 0 Å². The maximum atomic E-state index is 12.7. The monoisotopic (exact) mass is 399 g/mol. The molecule has 0 bridgehead atoms. The predicted octanol–water partition coefficient (Wildman–Crippen LogP) is 2.38. The zero-order chi connectivity index (χ0) is 20.1. The summed E-state index contributed by atoms with van der Waals surface area (Å²) >= 11 is 0. The minimum atomic E-state index is -3.68. The topological polar surface area (TPSA) is 105 Å². The van der Waals surface area contributed by atoms with Crippen molar-refractivity contribution < 1.29 is 13.5 Å². The number of fused-ring (bicyclic) bond motifs is 1. The number of nitrogens with one attached hydrogen (secondary N) is 1. The lowest BCUT2D eigenvalue weighted by Crippen LogP contribution is -2.39. The van der Waals surface area contributed by atoms with E-state index >= 15 is 0 Å². The second-order valence-electron chi connectivity index (χ2n) is 7.68. The van der Waals surface area contributed by atoms with Crippen molar-refractivity contribution in [2.75, 3.05) is 0 Å². The molecule has 1 saturated carbocycles. The summed E-state index contributed by atoms with van der Waals surface area (Å²) in [7, 11) is -3.68. The quantitative estimate of drug-likeness (QED) is 0.734. The molecular weight excluding hydrogens is 374 g/mol. The zero-order valence-electron chi connectivity index (χ0n) is 16.1. The van der Waals surface area contributed by atoms with Crippen LogP contribution in [0.4, 0.5) is 0 Å². The van der Waals surface area contributed by atoms with E-state index in [-0.39, 0.29) is 4.90 Å². The van der Waals surface area contributed by atoms with Gasteiger partial charge in [0.15, 0.2) is 0 Å². The Bertz CT molecular complexity index is 1080. The third kappa shape index (κ3) is 3.23. The van der Waals surface area contributed by atoms with Crippen LogP contribution in [0.15, 0.2) is 40.2 Å². The minimum Gasteiger partial charge on any atom is -0.391 e. The molecule has 0 spiro atoms. The number of hydrogen-bond acceptors (Lipinski definition) is 5. The van der Waals surface area contributed by atoms with Crippen molar-refractivity contribution in [1.29, 1.82) is 0 Å². The number of nitrogens with zero attached hydrogens (tertiary/aromatic N) is 1. The average Bonchev–Trinajstić information content (AvgIpc) is 3.22. The van der Waals surface area contributed by atoms with E-state index in [1.165, 1.54) is 0 Å². The Labute approximate surface area is 165 Å². The molecule has 0 saturated heterocycles. The van der Waals surface area contributed by atoms with E-state index in [9.17, 15) is 13.5 Å². The Kier molecular flexibility index (Phi) is 4.77. The summed E-state index contributed by atoms with van der Waals surface area (Å²) in [6.45, 7) is 4.54. The van der Waals surface area contributed by atoms with Gasteiger partial charge in [-0.3, -0.25) is 4.99 Å². The number of aliphatic imine (C=N–C) groups is 1. The average molecular weight is 400 g/mol. The molecular formula is C21H25N3O3S. The first-order chi connectivity index (χ1) is 13.3. The van der Waals surface area contributed by atoms with Crippen LogP contribution in [0.25, 0.3) is 11.1 Å². The van der Waals surface area contributed by atoms with Crippen LogP contribution in [-0.4, -0.2) is 31.5 Å². The van der Waals surface area contributed by atoms with Crippen LogP contribution >= 0.6 is 0 Å². The van der Waals surface area contributed by atoms with Crippen LogP contribution in [0.2, 0.25) is 0 Å². The van der Waals surface area contributed by atoms with E-state index in [0.29, 0.717) is 25.2 Å². The summed E-state index contributed by atoms with van der Waals surface area (Å²) < 4.78 is 28.1. The highest BCUT2D eigenvalue weighted by atomic mass is 32.2. The lowest BCUT2D eigenvalue weighted by Gasteiger charge is -2.18. The second-order valence-corrected chi connectivity index (χ2v) is 9.39. The van der Waals surface area contributed by atoms with Gasteiger partial charge < -0.3 is 10.8 Å². The van der Waals surface area contributed by atoms with Gasteiger partial charge in [-0.2, -0.15) is 0 Å². The molecule has 1 aliphatic heterocycles. The van der Waals surface area contributed by atoms with Gasteiger partial charge in [-0.15, -0.1) is 0 Å². The summed E-state index contributed by atoms with van der Waals surface area (Å²) in [5.41, 5.74) is 12.1. The molecule has 1 heterocycles. The van der Waals surface area contributed by atoms with Gasteiger partial charge in [0.25, 0.3) is 0 Å². The van der Waals surface area contributed by atoms with E-state index in [0.717, 1.165) is 39.8 Å². The van der Waals surface area contributed by atoms with E-state index < -0.39 is 22.2 Å². The van der Waals surface area contributed by atoms with Gasteiger partial charge in [-0.25, -0.2) is 13.1 Å². The van der Waals surface area contributed by atoms with E-state index in [4.69, 9.17) is 5.73 Å². The fraction of sp³-hybridized carbons (Fsp3) is 0.381. The van der Waals surface area contributed by atoms with Crippen molar-refractivity contribution >= 4 is 15.9 Å². The highest BCUT2D eigenvalue weighted by Crippen LogP contribution is 2.33. The molecule has 4 N–H and O–H groups in total. The number of nitrogens with two attached hydrogens (primary N) is 1. The number of amidine groups is 1. The molecule has 1 fully saturated rings. The van der Waals surface area contributed by atoms with Crippen LogP contribution in [0.3, 0.4) is 0 Å². The molecule has 0 amide bonds. The molecule has 2 aromatic rings. The third-order valence-corrected chi connectivity index (χ3v) is 7.30. The third-order valence-electron chi connectivity index (χ3n) is 5.81. The molecule has 0 unspecified atom stereocenters. The Hall–Kier alpha value is -2.22. The van der Waals surface area contributed by atoms with E-state index in [1.807, 2.05) is 32.0 Å². The van der Waals surface area contributed by atoms with Crippen molar-refractivity contribution in [3.8, 4) is 11.1 Å². The van der Waals surface area contributed by atoms with Gasteiger partial charge in [0, 0.05) is 11.6 Å². The first-order valence-electron chi connectivity index (χ1n) is 9.52. The summed E-state index contributed by atoms with van der Waals surface area (Å²) in [5, 5.41) is 9.93. The highest BCUT2D eigenvalue weighted by Gasteiger charge is 2.30. The first kappa shape index (κ1) is 19.1. The molecule has 2 aliphatic rings. The lowest BCUT2D eigenvalue weighted by molar-refractivity contribution is 0.159. The number of benzene rings is 2. The van der Waals surface area contributed by atoms with Gasteiger partial charge in [-0.1, -0.05) is 18.2 Å². The first-order valence-corrected chi connectivity index (χ1v) is 11.0. The number of aryl methyl sites for hydroxylation is 1. The standard InChI is InChI=1S/C21H25N3O3S/c1-12-10-15(28(26,27)24-18-4-3-5-19(18)25)7-9-16(12)17-8-6-14-11-23-21(22)20(14)13(17)2/h6-10,18-19,24-25H,3-5,11H2,1-2H3,(H2,22,23)/t18-,19+/m1/s1. The van der Waals surface area contributed by atoms with Crippen molar-refractivity contribution in [1.82, 2.24) is 4.72 Å². The smallest absolute Gasteiger partial charge is 0.240 e. The molecule has 28 heavy (non-hydrogen) atoms. The number of rotatable bonds is 4. The fourth-order valence-corrected chi connectivity index (χ4v) is 5.64. The van der Waals surface area contributed by atoms with Crippen LogP contribution in [0, 0.1) is 13.8 Å². The predicted molar refractivity (Wildman–Crippen MR) is 110 cm³/mol. The summed E-state index contributed by atoms with van der Waals surface area (Å²) in [6, 6.07) is 8.82. The fourth-order valence-electron chi connectivity index (χ4n) is 4.25. The zero-order valence-corrected chi connectivity index (χ0v) is 16.9. The molecule has 2 aromatic carbocycles. The Balaban J connectivity index is 1.68.